The molecule has 0 radical (unpaired) electrons. The van der Waals surface area contributed by atoms with Gasteiger partial charge in [0.2, 0.25) is 10.0 Å². The molecule has 0 amide bonds. The Morgan fingerprint density at radius 3 is 2.30 bits per heavy atom. The second kappa shape index (κ2) is 7.25. The Morgan fingerprint density at radius 1 is 1.07 bits per heavy atom. The van der Waals surface area contributed by atoms with Gasteiger partial charge < -0.3 is 10.2 Å². The Morgan fingerprint density at radius 2 is 1.74 bits per heavy atom. The van der Waals surface area contributed by atoms with Gasteiger partial charge in [0.1, 0.15) is 11.6 Å². The Hall–Kier alpha value is -1.32. The summed E-state index contributed by atoms with van der Waals surface area (Å²) in [7, 11) is -4.21. The van der Waals surface area contributed by atoms with Crippen LogP contribution in [0.1, 0.15) is 25.7 Å². The lowest BCUT2D eigenvalue weighted by molar-refractivity contribution is 0.257. The number of sulfonamides is 1. The molecule has 1 aromatic carbocycles. The third kappa shape index (κ3) is 3.56. The first kappa shape index (κ1) is 19.0. The lowest BCUT2D eigenvalue weighted by Gasteiger charge is -2.37. The molecule has 2 saturated carbocycles. The summed E-state index contributed by atoms with van der Waals surface area (Å²) in [5, 5.41) is 4.11. The number of hydrogen-bond donors (Lipinski definition) is 1. The van der Waals surface area contributed by atoms with Gasteiger partial charge in [-0.2, -0.15) is 4.31 Å². The van der Waals surface area contributed by atoms with E-state index in [4.69, 9.17) is 12.2 Å². The number of halogens is 2. The summed E-state index contributed by atoms with van der Waals surface area (Å²) in [4.78, 5) is 1.08. The molecule has 1 heterocycles. The van der Waals surface area contributed by atoms with E-state index in [9.17, 15) is 17.2 Å². The zero-order valence-corrected chi connectivity index (χ0v) is 16.5. The highest BCUT2D eigenvalue weighted by Gasteiger charge is 2.40. The van der Waals surface area contributed by atoms with Gasteiger partial charge in [-0.3, -0.25) is 0 Å². The van der Waals surface area contributed by atoms with Gasteiger partial charge in [0, 0.05) is 32.2 Å². The Bertz CT molecular complexity index is 821. The Kier molecular flexibility index (Phi) is 5.11. The monoisotopic (exact) mass is 415 g/mol. The second-order valence-corrected chi connectivity index (χ2v) is 9.93. The fourth-order valence-electron chi connectivity index (χ4n) is 4.66. The summed E-state index contributed by atoms with van der Waals surface area (Å²) in [6, 6.07) is 3.49. The van der Waals surface area contributed by atoms with E-state index in [2.05, 4.69) is 5.32 Å². The molecule has 148 valence electrons. The zero-order valence-electron chi connectivity index (χ0n) is 14.9. The van der Waals surface area contributed by atoms with Crippen LogP contribution in [0.15, 0.2) is 23.1 Å². The average molecular weight is 416 g/mol. The minimum absolute atomic E-state index is 0.147. The lowest BCUT2D eigenvalue weighted by atomic mass is 9.95. The standard InChI is InChI=1S/C18H23F2N3O2S2/c19-14-2-1-3-15(20)17(14)27(24,25)23-8-6-22(7-9-23)18(26)21-16-11-12-4-5-13(16)10-12/h1-3,12-13,16H,4-11H2,(H,21,26)/t12-,13-,16-/m1/s1. The molecular formula is C18H23F2N3O2S2. The van der Waals surface area contributed by atoms with E-state index in [0.717, 1.165) is 34.8 Å². The van der Waals surface area contributed by atoms with Crippen molar-refractivity contribution in [2.24, 2.45) is 11.8 Å². The van der Waals surface area contributed by atoms with Crippen LogP contribution in [0.25, 0.3) is 0 Å². The van der Waals surface area contributed by atoms with Crippen LogP contribution in [0, 0.1) is 23.5 Å². The first-order chi connectivity index (χ1) is 12.9. The highest BCUT2D eigenvalue weighted by molar-refractivity contribution is 7.89. The summed E-state index contributed by atoms with van der Waals surface area (Å²) in [5.41, 5.74) is 0. The molecule has 3 aliphatic rings. The van der Waals surface area contributed by atoms with E-state index in [0.29, 0.717) is 30.2 Å². The number of hydrogen-bond acceptors (Lipinski definition) is 3. The lowest BCUT2D eigenvalue weighted by Crippen LogP contribution is -2.55. The van der Waals surface area contributed by atoms with Crippen molar-refractivity contribution in [1.82, 2.24) is 14.5 Å². The van der Waals surface area contributed by atoms with Crippen molar-refractivity contribution in [3.63, 3.8) is 0 Å². The van der Waals surface area contributed by atoms with Gasteiger partial charge in [-0.25, -0.2) is 17.2 Å². The smallest absolute Gasteiger partial charge is 0.249 e. The second-order valence-electron chi connectivity index (χ2n) is 7.67. The molecule has 3 fully saturated rings. The molecule has 9 heteroatoms. The minimum atomic E-state index is -4.21. The maximum Gasteiger partial charge on any atom is 0.249 e. The van der Waals surface area contributed by atoms with Gasteiger partial charge in [0.15, 0.2) is 10.0 Å². The SMILES string of the molecule is O=S(=O)(c1c(F)cccc1F)N1CCN(C(=S)N[C@@H]2C[C@@H]3CC[C@@H]2C3)CC1. The molecule has 0 aromatic heterocycles. The molecule has 27 heavy (non-hydrogen) atoms. The van der Waals surface area contributed by atoms with Crippen LogP contribution < -0.4 is 5.32 Å². The number of thiocarbonyl (C=S) groups is 1. The van der Waals surface area contributed by atoms with Crippen LogP contribution in [0.2, 0.25) is 0 Å². The van der Waals surface area contributed by atoms with Crippen LogP contribution in [-0.4, -0.2) is 55.0 Å². The Balaban J connectivity index is 1.38. The number of benzene rings is 1. The number of rotatable bonds is 3. The van der Waals surface area contributed by atoms with Crippen molar-refractivity contribution in [1.29, 1.82) is 0 Å². The number of nitrogens with zero attached hydrogens (tertiary/aromatic N) is 2. The van der Waals surface area contributed by atoms with Gasteiger partial charge >= 0.3 is 0 Å². The van der Waals surface area contributed by atoms with E-state index in [-0.39, 0.29) is 13.1 Å². The number of fused-ring (bicyclic) bond motifs is 2. The van der Waals surface area contributed by atoms with Crippen molar-refractivity contribution < 1.29 is 17.2 Å². The third-order valence-corrected chi connectivity index (χ3v) is 8.42. The first-order valence-corrected chi connectivity index (χ1v) is 11.2. The predicted molar refractivity (Wildman–Crippen MR) is 102 cm³/mol. The average Bonchev–Trinajstić information content (AvgIpc) is 3.24. The van der Waals surface area contributed by atoms with Crippen molar-refractivity contribution >= 4 is 27.4 Å². The van der Waals surface area contributed by atoms with Crippen LogP contribution in [-0.2, 0) is 10.0 Å². The molecule has 0 unspecified atom stereocenters. The van der Waals surface area contributed by atoms with Crippen molar-refractivity contribution in [2.75, 3.05) is 26.2 Å². The molecule has 1 saturated heterocycles. The van der Waals surface area contributed by atoms with Crippen LogP contribution in [0.3, 0.4) is 0 Å². The topological polar surface area (TPSA) is 52.7 Å². The molecule has 4 rings (SSSR count). The maximum atomic E-state index is 13.9. The zero-order chi connectivity index (χ0) is 19.2. The van der Waals surface area contributed by atoms with Gasteiger partial charge in [-0.15, -0.1) is 0 Å². The highest BCUT2D eigenvalue weighted by Crippen LogP contribution is 2.44. The maximum absolute atomic E-state index is 13.9. The molecule has 1 N–H and O–H groups in total. The van der Waals surface area contributed by atoms with Crippen molar-refractivity contribution in [3.8, 4) is 0 Å². The van der Waals surface area contributed by atoms with Gasteiger partial charge in [0.25, 0.3) is 0 Å². The van der Waals surface area contributed by atoms with Gasteiger partial charge in [0.05, 0.1) is 0 Å². The minimum Gasteiger partial charge on any atom is -0.360 e. The fourth-order valence-corrected chi connectivity index (χ4v) is 6.53. The van der Waals surface area contributed by atoms with E-state index in [1.165, 1.54) is 19.3 Å². The van der Waals surface area contributed by atoms with E-state index in [1.807, 2.05) is 4.90 Å². The van der Waals surface area contributed by atoms with Crippen LogP contribution in [0.4, 0.5) is 8.78 Å². The molecule has 0 spiro atoms. The highest BCUT2D eigenvalue weighted by atomic mass is 32.2. The predicted octanol–water partition coefficient (Wildman–Crippen LogP) is 2.33. The molecule has 1 aliphatic heterocycles. The molecule has 2 bridgehead atoms. The summed E-state index contributed by atoms with van der Waals surface area (Å²) in [5.74, 6) is -0.622. The van der Waals surface area contributed by atoms with Gasteiger partial charge in [-0.1, -0.05) is 12.5 Å². The summed E-state index contributed by atoms with van der Waals surface area (Å²) < 4.78 is 54.3. The molecule has 1 aromatic rings. The summed E-state index contributed by atoms with van der Waals surface area (Å²) in [6.45, 7) is 1.10. The van der Waals surface area contributed by atoms with Crippen molar-refractivity contribution in [3.05, 3.63) is 29.8 Å². The number of nitrogens with one attached hydrogen (secondary N) is 1. The summed E-state index contributed by atoms with van der Waals surface area (Å²) >= 11 is 5.52. The summed E-state index contributed by atoms with van der Waals surface area (Å²) in [6.07, 6.45) is 5.01. The van der Waals surface area contributed by atoms with E-state index < -0.39 is 26.6 Å². The largest absolute Gasteiger partial charge is 0.360 e. The van der Waals surface area contributed by atoms with Gasteiger partial charge in [-0.05, 0) is 55.4 Å². The molecule has 5 nitrogen and oxygen atoms in total. The van der Waals surface area contributed by atoms with Crippen molar-refractivity contribution in [2.45, 2.75) is 36.6 Å². The molecular weight excluding hydrogens is 392 g/mol. The molecule has 3 atom stereocenters. The van der Waals surface area contributed by atoms with E-state index in [1.54, 1.807) is 0 Å². The van der Waals surface area contributed by atoms with E-state index >= 15 is 0 Å². The number of piperazine rings is 1. The quantitative estimate of drug-likeness (QED) is 0.768. The molecule has 2 aliphatic carbocycles. The first-order valence-electron chi connectivity index (χ1n) is 9.36. The van der Waals surface area contributed by atoms with Crippen LogP contribution in [0.5, 0.6) is 0 Å². The van der Waals surface area contributed by atoms with Crippen LogP contribution >= 0.6 is 12.2 Å². The fraction of sp³-hybridized carbons (Fsp3) is 0.611. The third-order valence-electron chi connectivity index (χ3n) is 6.09. The normalized spacial score (nSPS) is 28.5. The Labute approximate surface area is 163 Å².